The number of furan rings is 1. The van der Waals surface area contributed by atoms with Crippen LogP contribution in [-0.2, 0) is 26.5 Å². The highest BCUT2D eigenvalue weighted by Gasteiger charge is 2.46. The molecule has 1 aliphatic rings. The Balaban J connectivity index is 1.25. The number of carbonyl (C=O) groups excluding carboxylic acids is 2. The molecular weight excluding hydrogens is 499 g/mol. The van der Waals surface area contributed by atoms with Crippen LogP contribution >= 0.6 is 0 Å². The van der Waals surface area contributed by atoms with Crippen LogP contribution in [0.3, 0.4) is 0 Å². The highest BCUT2D eigenvalue weighted by molar-refractivity contribution is 6.03. The van der Waals surface area contributed by atoms with E-state index in [4.69, 9.17) is 13.9 Å². The van der Waals surface area contributed by atoms with E-state index in [0.717, 1.165) is 35.1 Å². The molecule has 0 saturated heterocycles. The molecule has 3 aromatic carbocycles. The van der Waals surface area contributed by atoms with Crippen LogP contribution in [0.1, 0.15) is 24.0 Å². The standard InChI is InChI=1S/C31H23FN2O5/c32-26-15-14-25-27(34-30(36)37-18-20-4-2-1-3-5-20)28(39-29(25)33-26)23-8-6-21(7-9-23)22-10-12-24(13-11-22)31(16-17-31)38-19-35/h1-15,19H,16-18H2,(H,34,36). The summed E-state index contributed by atoms with van der Waals surface area (Å²) in [5.74, 6) is -0.352. The molecule has 1 saturated carbocycles. The molecule has 0 atom stereocenters. The third-order valence-electron chi connectivity index (χ3n) is 6.83. The van der Waals surface area contributed by atoms with E-state index >= 15 is 0 Å². The van der Waals surface area contributed by atoms with E-state index in [1.165, 1.54) is 12.1 Å². The Hall–Kier alpha value is -4.98. The molecule has 0 unspecified atom stereocenters. The first kappa shape index (κ1) is 24.4. The number of hydrogen-bond acceptors (Lipinski definition) is 6. The van der Waals surface area contributed by atoms with Gasteiger partial charge in [-0.2, -0.15) is 9.37 Å². The fraction of sp³-hybridized carbons (Fsp3) is 0.129. The van der Waals surface area contributed by atoms with E-state index < -0.39 is 17.6 Å². The van der Waals surface area contributed by atoms with Gasteiger partial charge < -0.3 is 13.9 Å². The van der Waals surface area contributed by atoms with Crippen LogP contribution < -0.4 is 5.32 Å². The van der Waals surface area contributed by atoms with Crippen LogP contribution in [0, 0.1) is 5.95 Å². The van der Waals surface area contributed by atoms with Crippen molar-refractivity contribution in [1.29, 1.82) is 0 Å². The van der Waals surface area contributed by atoms with Gasteiger partial charge in [-0.3, -0.25) is 10.1 Å². The summed E-state index contributed by atoms with van der Waals surface area (Å²) >= 11 is 0. The van der Waals surface area contributed by atoms with Crippen LogP contribution in [0.25, 0.3) is 33.6 Å². The Morgan fingerprint density at radius 3 is 2.26 bits per heavy atom. The molecule has 1 N–H and O–H groups in total. The quantitative estimate of drug-likeness (QED) is 0.171. The van der Waals surface area contributed by atoms with Gasteiger partial charge in [-0.05, 0) is 47.2 Å². The van der Waals surface area contributed by atoms with Crippen molar-refractivity contribution in [3.8, 4) is 22.5 Å². The molecule has 0 bridgehead atoms. The number of halogens is 1. The number of fused-ring (bicyclic) bond motifs is 1. The van der Waals surface area contributed by atoms with Crippen LogP contribution in [0.15, 0.2) is 95.4 Å². The third kappa shape index (κ3) is 4.96. The van der Waals surface area contributed by atoms with E-state index in [1.54, 1.807) is 0 Å². The molecule has 2 heterocycles. The Kier molecular flexibility index (Phi) is 6.28. The van der Waals surface area contributed by atoms with Gasteiger partial charge >= 0.3 is 6.09 Å². The lowest BCUT2D eigenvalue weighted by molar-refractivity contribution is -0.136. The number of amides is 1. The second-order valence-corrected chi connectivity index (χ2v) is 9.34. The number of anilines is 1. The number of hydrogen-bond donors (Lipinski definition) is 1. The summed E-state index contributed by atoms with van der Waals surface area (Å²) in [6.07, 6.45) is 0.981. The minimum absolute atomic E-state index is 0.0644. The predicted molar refractivity (Wildman–Crippen MR) is 143 cm³/mol. The van der Waals surface area contributed by atoms with E-state index in [0.29, 0.717) is 28.9 Å². The highest BCUT2D eigenvalue weighted by Crippen LogP contribution is 2.49. The lowest BCUT2D eigenvalue weighted by atomic mass is 9.99. The molecule has 7 nitrogen and oxygen atoms in total. The number of aromatic nitrogens is 1. The maximum atomic E-state index is 13.8. The average Bonchev–Trinajstić information content (AvgIpc) is 3.67. The number of carbonyl (C=O) groups is 2. The summed E-state index contributed by atoms with van der Waals surface area (Å²) in [5.41, 5.74) is 4.38. The molecule has 194 valence electrons. The first-order valence-electron chi connectivity index (χ1n) is 12.4. The summed E-state index contributed by atoms with van der Waals surface area (Å²) in [7, 11) is 0. The van der Waals surface area contributed by atoms with Crippen molar-refractivity contribution in [2.45, 2.75) is 25.0 Å². The smallest absolute Gasteiger partial charge is 0.412 e. The molecule has 0 aliphatic heterocycles. The van der Waals surface area contributed by atoms with Crippen molar-refractivity contribution >= 4 is 29.4 Å². The molecule has 1 aliphatic carbocycles. The average molecular weight is 523 g/mol. The molecule has 39 heavy (non-hydrogen) atoms. The summed E-state index contributed by atoms with van der Waals surface area (Å²) in [6, 6.07) is 27.5. The number of pyridine rings is 1. The predicted octanol–water partition coefficient (Wildman–Crippen LogP) is 7.21. The molecule has 1 fully saturated rings. The van der Waals surface area contributed by atoms with Gasteiger partial charge in [-0.15, -0.1) is 0 Å². The molecule has 0 spiro atoms. The van der Waals surface area contributed by atoms with Gasteiger partial charge in [-0.25, -0.2) is 4.79 Å². The topological polar surface area (TPSA) is 90.7 Å². The Morgan fingerprint density at radius 1 is 0.923 bits per heavy atom. The van der Waals surface area contributed by atoms with Crippen LogP contribution in [0.2, 0.25) is 0 Å². The third-order valence-corrected chi connectivity index (χ3v) is 6.83. The van der Waals surface area contributed by atoms with Crippen molar-refractivity contribution in [2.24, 2.45) is 0 Å². The van der Waals surface area contributed by atoms with E-state index in [-0.39, 0.29) is 12.3 Å². The first-order chi connectivity index (χ1) is 19.0. The molecule has 1 amide bonds. The lowest BCUT2D eigenvalue weighted by Crippen LogP contribution is -2.13. The lowest BCUT2D eigenvalue weighted by Gasteiger charge is -2.14. The second-order valence-electron chi connectivity index (χ2n) is 9.34. The fourth-order valence-electron chi connectivity index (χ4n) is 4.61. The van der Waals surface area contributed by atoms with Crippen LogP contribution in [-0.4, -0.2) is 17.5 Å². The van der Waals surface area contributed by atoms with Gasteiger partial charge in [0.05, 0.1) is 5.39 Å². The van der Waals surface area contributed by atoms with Gasteiger partial charge in [0.25, 0.3) is 6.47 Å². The van der Waals surface area contributed by atoms with Crippen molar-refractivity contribution in [3.05, 3.63) is 108 Å². The van der Waals surface area contributed by atoms with Crippen LogP contribution in [0.5, 0.6) is 0 Å². The molecular formula is C31H23FN2O5. The zero-order chi connectivity index (χ0) is 26.8. The van der Waals surface area contributed by atoms with Crippen LogP contribution in [0.4, 0.5) is 14.9 Å². The van der Waals surface area contributed by atoms with Crippen molar-refractivity contribution in [3.63, 3.8) is 0 Å². The van der Waals surface area contributed by atoms with Crippen molar-refractivity contribution in [2.75, 3.05) is 5.32 Å². The number of benzene rings is 3. The fourth-order valence-corrected chi connectivity index (χ4v) is 4.61. The summed E-state index contributed by atoms with van der Waals surface area (Å²) in [4.78, 5) is 27.3. The highest BCUT2D eigenvalue weighted by atomic mass is 19.1. The van der Waals surface area contributed by atoms with Gasteiger partial charge in [-0.1, -0.05) is 78.9 Å². The number of ether oxygens (including phenoxy) is 2. The number of rotatable bonds is 8. The monoisotopic (exact) mass is 522 g/mol. The molecule has 6 rings (SSSR count). The van der Waals surface area contributed by atoms with Gasteiger partial charge in [0.15, 0.2) is 5.76 Å². The minimum Gasteiger partial charge on any atom is -0.456 e. The van der Waals surface area contributed by atoms with Crippen molar-refractivity contribution < 1.29 is 27.9 Å². The van der Waals surface area contributed by atoms with E-state index in [2.05, 4.69) is 10.3 Å². The largest absolute Gasteiger partial charge is 0.456 e. The van der Waals surface area contributed by atoms with Gasteiger partial charge in [0.1, 0.15) is 17.9 Å². The van der Waals surface area contributed by atoms with E-state index in [1.807, 2.05) is 78.9 Å². The summed E-state index contributed by atoms with van der Waals surface area (Å²) < 4.78 is 30.4. The summed E-state index contributed by atoms with van der Waals surface area (Å²) in [5, 5.41) is 3.20. The van der Waals surface area contributed by atoms with Gasteiger partial charge in [0.2, 0.25) is 11.7 Å². The first-order valence-corrected chi connectivity index (χ1v) is 12.4. The van der Waals surface area contributed by atoms with Crippen molar-refractivity contribution in [1.82, 2.24) is 4.98 Å². The zero-order valence-electron chi connectivity index (χ0n) is 20.7. The molecule has 5 aromatic rings. The minimum atomic E-state index is -0.689. The molecule has 8 heteroatoms. The Morgan fingerprint density at radius 2 is 1.59 bits per heavy atom. The summed E-state index contributed by atoms with van der Waals surface area (Å²) in [6.45, 7) is 0.605. The Bertz CT molecular complexity index is 1640. The molecule has 2 aromatic heterocycles. The Labute approximate surface area is 223 Å². The second kappa shape index (κ2) is 10.1. The number of nitrogens with one attached hydrogen (secondary N) is 1. The maximum absolute atomic E-state index is 13.8. The normalized spacial score (nSPS) is 13.6. The maximum Gasteiger partial charge on any atom is 0.412 e. The SMILES string of the molecule is O=COC1(c2ccc(-c3ccc(-c4oc5nc(F)ccc5c4NC(=O)OCc4ccccc4)cc3)cc2)CC1. The zero-order valence-corrected chi connectivity index (χ0v) is 20.7. The molecule has 0 radical (unpaired) electrons. The number of nitrogens with zero attached hydrogens (tertiary/aromatic N) is 1. The van der Waals surface area contributed by atoms with Gasteiger partial charge in [0, 0.05) is 5.56 Å². The van der Waals surface area contributed by atoms with E-state index in [9.17, 15) is 14.0 Å².